The topological polar surface area (TPSA) is 8.88 Å². The highest BCUT2D eigenvalue weighted by atomic mass is 79.9. The Labute approximate surface area is 145 Å². The van der Waals surface area contributed by atoms with Gasteiger partial charge in [0.15, 0.2) is 0 Å². The van der Waals surface area contributed by atoms with Crippen LogP contribution in [-0.2, 0) is 13.1 Å². The van der Waals surface area contributed by atoms with Gasteiger partial charge >= 0.3 is 0 Å². The van der Waals surface area contributed by atoms with Gasteiger partial charge in [-0.25, -0.2) is 0 Å². The molecule has 0 bridgehead atoms. The van der Waals surface area contributed by atoms with Crippen molar-refractivity contribution in [3.63, 3.8) is 0 Å². The van der Waals surface area contributed by atoms with Crippen LogP contribution in [0.5, 0.6) is 0 Å². The molecule has 2 aromatic rings. The molecule has 2 N–H and O–H groups in total. The van der Waals surface area contributed by atoms with E-state index in [0.717, 1.165) is 18.1 Å². The maximum Gasteiger partial charge on any atom is 0.127 e. The molecule has 4 heteroatoms. The Kier molecular flexibility index (Phi) is 5.53. The Balaban J connectivity index is 1.51. The molecule has 1 fully saturated rings. The molecule has 0 atom stereocenters. The molecule has 22 heavy (non-hydrogen) atoms. The Hall–Kier alpha value is -0.870. The Bertz CT molecular complexity index is 624. The third-order valence-corrected chi connectivity index (χ3v) is 5.41. The summed E-state index contributed by atoms with van der Waals surface area (Å²) in [6.07, 6.45) is 0. The van der Waals surface area contributed by atoms with Gasteiger partial charge in [0.05, 0.1) is 0 Å². The van der Waals surface area contributed by atoms with Crippen molar-refractivity contribution >= 4 is 27.5 Å². The van der Waals surface area contributed by atoms with Crippen LogP contribution in [0.15, 0.2) is 53.0 Å². The largest absolute Gasteiger partial charge is 0.322 e. The highest BCUT2D eigenvalue weighted by Gasteiger charge is 2.23. The van der Waals surface area contributed by atoms with Crippen molar-refractivity contribution in [1.82, 2.24) is 0 Å². The molecule has 0 spiro atoms. The number of piperazine rings is 1. The normalized spacial score (nSPS) is 21.7. The molecule has 0 amide bonds. The van der Waals surface area contributed by atoms with Crippen molar-refractivity contribution in [2.75, 3.05) is 26.2 Å². The predicted molar refractivity (Wildman–Crippen MR) is 94.4 cm³/mol. The number of quaternary nitrogens is 2. The first kappa shape index (κ1) is 16.0. The maximum atomic E-state index is 6.07. The van der Waals surface area contributed by atoms with Gasteiger partial charge in [-0.3, -0.25) is 0 Å². The quantitative estimate of drug-likeness (QED) is 0.796. The minimum Gasteiger partial charge on any atom is -0.322 e. The van der Waals surface area contributed by atoms with Crippen LogP contribution >= 0.6 is 27.5 Å². The molecular formula is C18H22BrClN2+2. The zero-order valence-electron chi connectivity index (χ0n) is 12.6. The van der Waals surface area contributed by atoms with Crippen LogP contribution in [0.4, 0.5) is 0 Å². The van der Waals surface area contributed by atoms with Gasteiger partial charge in [0.1, 0.15) is 39.3 Å². The predicted octanol–water partition coefficient (Wildman–Crippen LogP) is 1.59. The van der Waals surface area contributed by atoms with Gasteiger partial charge in [-0.1, -0.05) is 57.9 Å². The number of hydrogen-bond acceptors (Lipinski definition) is 0. The Morgan fingerprint density at radius 1 is 0.864 bits per heavy atom. The van der Waals surface area contributed by atoms with Gasteiger partial charge < -0.3 is 9.80 Å². The van der Waals surface area contributed by atoms with E-state index in [0.29, 0.717) is 0 Å². The number of nitrogens with one attached hydrogen (secondary N) is 2. The van der Waals surface area contributed by atoms with Crippen molar-refractivity contribution in [1.29, 1.82) is 0 Å². The number of halogens is 2. The summed E-state index contributed by atoms with van der Waals surface area (Å²) in [5.41, 5.74) is 2.76. The standard InChI is InChI=1S/C18H20BrClN2/c19-18-7-2-1-5-16(18)14-22-10-8-21(9-11-22)13-15-4-3-6-17(20)12-15/h1-7,12H,8-11,13-14H2/p+2. The van der Waals surface area contributed by atoms with Gasteiger partial charge in [0.25, 0.3) is 0 Å². The molecular weight excluding hydrogens is 360 g/mol. The number of benzene rings is 2. The summed E-state index contributed by atoms with van der Waals surface area (Å²) in [4.78, 5) is 3.35. The van der Waals surface area contributed by atoms with Crippen LogP contribution in [0.1, 0.15) is 11.1 Å². The first-order valence-electron chi connectivity index (χ1n) is 7.86. The van der Waals surface area contributed by atoms with Crippen molar-refractivity contribution in [2.24, 2.45) is 0 Å². The number of hydrogen-bond donors (Lipinski definition) is 2. The summed E-state index contributed by atoms with van der Waals surface area (Å²) >= 11 is 9.73. The summed E-state index contributed by atoms with van der Waals surface area (Å²) < 4.78 is 1.23. The fourth-order valence-electron chi connectivity index (χ4n) is 3.16. The van der Waals surface area contributed by atoms with Crippen LogP contribution < -0.4 is 9.80 Å². The van der Waals surface area contributed by atoms with E-state index in [1.54, 1.807) is 9.80 Å². The van der Waals surface area contributed by atoms with Crippen molar-refractivity contribution in [3.05, 3.63) is 69.2 Å². The van der Waals surface area contributed by atoms with E-state index in [1.165, 1.54) is 41.8 Å². The van der Waals surface area contributed by atoms with E-state index in [-0.39, 0.29) is 0 Å². The summed E-state index contributed by atoms with van der Waals surface area (Å²) in [6.45, 7) is 7.13. The van der Waals surface area contributed by atoms with Gasteiger partial charge in [0.2, 0.25) is 0 Å². The van der Waals surface area contributed by atoms with Crippen LogP contribution in [0, 0.1) is 0 Å². The molecule has 0 radical (unpaired) electrons. The molecule has 3 rings (SSSR count). The lowest BCUT2D eigenvalue weighted by Gasteiger charge is -2.30. The summed E-state index contributed by atoms with van der Waals surface area (Å²) in [6, 6.07) is 16.8. The highest BCUT2D eigenvalue weighted by Crippen LogP contribution is 2.14. The van der Waals surface area contributed by atoms with E-state index >= 15 is 0 Å². The smallest absolute Gasteiger partial charge is 0.127 e. The van der Waals surface area contributed by atoms with E-state index in [4.69, 9.17) is 11.6 Å². The number of rotatable bonds is 4. The first-order valence-corrected chi connectivity index (χ1v) is 9.03. The second-order valence-corrected chi connectivity index (χ2v) is 7.37. The van der Waals surface area contributed by atoms with Gasteiger partial charge in [0, 0.05) is 20.6 Å². The molecule has 1 saturated heterocycles. The molecule has 0 unspecified atom stereocenters. The monoisotopic (exact) mass is 380 g/mol. The van der Waals surface area contributed by atoms with Crippen LogP contribution in [-0.4, -0.2) is 26.2 Å². The Morgan fingerprint density at radius 2 is 1.55 bits per heavy atom. The third-order valence-electron chi connectivity index (χ3n) is 4.41. The summed E-state index contributed by atoms with van der Waals surface area (Å²) in [7, 11) is 0. The van der Waals surface area contributed by atoms with E-state index in [2.05, 4.69) is 52.3 Å². The molecule has 2 aromatic carbocycles. The average molecular weight is 382 g/mol. The first-order chi connectivity index (χ1) is 10.7. The fraction of sp³-hybridized carbons (Fsp3) is 0.333. The lowest BCUT2D eigenvalue weighted by Crippen LogP contribution is -3.27. The molecule has 0 saturated carbocycles. The third kappa shape index (κ3) is 4.32. The van der Waals surface area contributed by atoms with E-state index in [9.17, 15) is 0 Å². The minimum atomic E-state index is 0.843. The molecule has 1 aliphatic rings. The highest BCUT2D eigenvalue weighted by molar-refractivity contribution is 9.10. The summed E-state index contributed by atoms with van der Waals surface area (Å²) in [5.74, 6) is 0. The van der Waals surface area contributed by atoms with E-state index in [1.807, 2.05) is 12.1 Å². The summed E-state index contributed by atoms with van der Waals surface area (Å²) in [5, 5.41) is 0.843. The Morgan fingerprint density at radius 3 is 2.23 bits per heavy atom. The second-order valence-electron chi connectivity index (χ2n) is 6.07. The van der Waals surface area contributed by atoms with Gasteiger partial charge in [-0.2, -0.15) is 0 Å². The minimum absolute atomic E-state index is 0.843. The zero-order chi connectivity index (χ0) is 15.4. The van der Waals surface area contributed by atoms with Gasteiger partial charge in [-0.05, 0) is 18.2 Å². The molecule has 1 heterocycles. The lowest BCUT2D eigenvalue weighted by atomic mass is 10.1. The van der Waals surface area contributed by atoms with E-state index < -0.39 is 0 Å². The van der Waals surface area contributed by atoms with Gasteiger partial charge in [-0.15, -0.1) is 0 Å². The van der Waals surface area contributed by atoms with Crippen molar-refractivity contribution < 1.29 is 9.80 Å². The van der Waals surface area contributed by atoms with Crippen molar-refractivity contribution in [2.45, 2.75) is 13.1 Å². The second kappa shape index (κ2) is 7.60. The molecule has 0 aliphatic carbocycles. The van der Waals surface area contributed by atoms with Crippen LogP contribution in [0.25, 0.3) is 0 Å². The van der Waals surface area contributed by atoms with Crippen LogP contribution in [0.3, 0.4) is 0 Å². The van der Waals surface area contributed by atoms with Crippen molar-refractivity contribution in [3.8, 4) is 0 Å². The SMILES string of the molecule is Clc1cccc(C[NH+]2CC[NH+](Cc3ccccc3Br)CC2)c1. The molecule has 1 aliphatic heterocycles. The lowest BCUT2D eigenvalue weighted by molar-refractivity contribution is -1.02. The average Bonchev–Trinajstić information content (AvgIpc) is 2.52. The molecule has 0 aromatic heterocycles. The maximum absolute atomic E-state index is 6.07. The zero-order valence-corrected chi connectivity index (χ0v) is 15.0. The molecule has 116 valence electrons. The fourth-order valence-corrected chi connectivity index (χ4v) is 3.80. The molecule has 2 nitrogen and oxygen atoms in total. The van der Waals surface area contributed by atoms with Crippen LogP contribution in [0.2, 0.25) is 5.02 Å².